The Morgan fingerprint density at radius 1 is 1.24 bits per heavy atom. The Labute approximate surface area is 135 Å². The average molecular weight is 368 g/mol. The van der Waals surface area contributed by atoms with Crippen LogP contribution in [0.5, 0.6) is 0 Å². The quantitative estimate of drug-likeness (QED) is 0.595. The van der Waals surface area contributed by atoms with Crippen molar-refractivity contribution in [1.82, 2.24) is 9.55 Å². The zero-order valence-corrected chi connectivity index (χ0v) is 13.7. The first-order valence-corrected chi connectivity index (χ1v) is 7.92. The van der Waals surface area contributed by atoms with Gasteiger partial charge in [0.15, 0.2) is 0 Å². The molecule has 0 atom stereocenters. The molecule has 108 valence electrons. The first-order chi connectivity index (χ1) is 10.1. The summed E-state index contributed by atoms with van der Waals surface area (Å²) in [6, 6.07) is 10.7. The molecule has 0 N–H and O–H groups in total. The largest absolute Gasteiger partial charge is 0.296 e. The van der Waals surface area contributed by atoms with Crippen molar-refractivity contribution in [1.29, 1.82) is 0 Å². The minimum Gasteiger partial charge on any atom is -0.296 e. The molecule has 21 heavy (non-hydrogen) atoms. The van der Waals surface area contributed by atoms with Crippen LogP contribution < -0.4 is 0 Å². The molecular weight excluding hydrogens is 355 g/mol. The van der Waals surface area contributed by atoms with Gasteiger partial charge in [0.2, 0.25) is 0 Å². The Morgan fingerprint density at radius 2 is 2.05 bits per heavy atom. The van der Waals surface area contributed by atoms with E-state index in [4.69, 9.17) is 11.6 Å². The van der Waals surface area contributed by atoms with E-state index in [9.17, 15) is 4.39 Å². The Morgan fingerprint density at radius 3 is 2.81 bits per heavy atom. The Hall–Kier alpha value is -1.39. The van der Waals surface area contributed by atoms with Crippen molar-refractivity contribution < 1.29 is 4.39 Å². The Kier molecular flexibility index (Phi) is 4.00. The second kappa shape index (κ2) is 5.78. The van der Waals surface area contributed by atoms with Gasteiger partial charge in [-0.25, -0.2) is 9.37 Å². The number of alkyl halides is 1. The van der Waals surface area contributed by atoms with Gasteiger partial charge < -0.3 is 0 Å². The second-order valence-corrected chi connectivity index (χ2v) is 6.16. The lowest BCUT2D eigenvalue weighted by molar-refractivity contribution is 0.626. The van der Waals surface area contributed by atoms with Crippen LogP contribution >= 0.6 is 27.5 Å². The summed E-state index contributed by atoms with van der Waals surface area (Å²) in [6.07, 6.45) is 0.629. The number of nitrogens with zero attached hydrogens (tertiary/aromatic N) is 2. The van der Waals surface area contributed by atoms with E-state index in [2.05, 4.69) is 20.9 Å². The van der Waals surface area contributed by atoms with Crippen molar-refractivity contribution in [2.75, 3.05) is 5.88 Å². The standard InChI is InChI=1S/C16H13BrClFN2/c1-10-2-4-12(19)9-14(10)21-15-8-11(17)3-5-13(15)20-16(21)6-7-18/h2-5,8-9H,6-7H2,1H3. The molecule has 0 saturated heterocycles. The van der Waals surface area contributed by atoms with Crippen LogP contribution in [0.15, 0.2) is 40.9 Å². The summed E-state index contributed by atoms with van der Waals surface area (Å²) in [5.41, 5.74) is 3.61. The van der Waals surface area contributed by atoms with E-state index < -0.39 is 0 Å². The predicted octanol–water partition coefficient (Wildman–Crippen LogP) is 5.02. The Balaban J connectivity index is 2.35. The summed E-state index contributed by atoms with van der Waals surface area (Å²) < 4.78 is 16.6. The molecule has 0 unspecified atom stereocenters. The second-order valence-electron chi connectivity index (χ2n) is 4.87. The van der Waals surface area contributed by atoms with Crippen molar-refractivity contribution in [3.8, 4) is 5.69 Å². The van der Waals surface area contributed by atoms with Gasteiger partial charge in [0.25, 0.3) is 0 Å². The third-order valence-corrected chi connectivity index (χ3v) is 4.10. The number of hydrogen-bond acceptors (Lipinski definition) is 1. The summed E-state index contributed by atoms with van der Waals surface area (Å²) in [5, 5.41) is 0. The van der Waals surface area contributed by atoms with Crippen LogP contribution in [-0.4, -0.2) is 15.4 Å². The zero-order chi connectivity index (χ0) is 15.0. The van der Waals surface area contributed by atoms with E-state index >= 15 is 0 Å². The predicted molar refractivity (Wildman–Crippen MR) is 87.9 cm³/mol. The van der Waals surface area contributed by atoms with Gasteiger partial charge in [-0.15, -0.1) is 11.6 Å². The lowest BCUT2D eigenvalue weighted by Gasteiger charge is -2.12. The molecule has 1 aromatic heterocycles. The van der Waals surface area contributed by atoms with Gasteiger partial charge >= 0.3 is 0 Å². The van der Waals surface area contributed by atoms with Gasteiger partial charge in [0.1, 0.15) is 11.6 Å². The van der Waals surface area contributed by atoms with Crippen molar-refractivity contribution >= 4 is 38.6 Å². The monoisotopic (exact) mass is 366 g/mol. The summed E-state index contributed by atoms with van der Waals surface area (Å²) in [7, 11) is 0. The lowest BCUT2D eigenvalue weighted by Crippen LogP contribution is -2.04. The normalized spacial score (nSPS) is 11.2. The third kappa shape index (κ3) is 2.70. The van der Waals surface area contributed by atoms with Crippen molar-refractivity contribution in [3.63, 3.8) is 0 Å². The average Bonchev–Trinajstić information content (AvgIpc) is 2.79. The van der Waals surface area contributed by atoms with Gasteiger partial charge in [0, 0.05) is 16.8 Å². The zero-order valence-electron chi connectivity index (χ0n) is 11.4. The highest BCUT2D eigenvalue weighted by atomic mass is 79.9. The molecule has 1 heterocycles. The molecule has 0 amide bonds. The van der Waals surface area contributed by atoms with Gasteiger partial charge in [-0.2, -0.15) is 0 Å². The maximum Gasteiger partial charge on any atom is 0.125 e. The van der Waals surface area contributed by atoms with Crippen LogP contribution in [0.25, 0.3) is 16.7 Å². The summed E-state index contributed by atoms with van der Waals surface area (Å²) in [5.74, 6) is 1.05. The van der Waals surface area contributed by atoms with Crippen LogP contribution in [0.1, 0.15) is 11.4 Å². The molecule has 0 saturated carbocycles. The molecule has 0 aliphatic rings. The van der Waals surface area contributed by atoms with Crippen molar-refractivity contribution in [2.24, 2.45) is 0 Å². The van der Waals surface area contributed by atoms with Crippen LogP contribution in [0.2, 0.25) is 0 Å². The number of halogens is 3. The van der Waals surface area contributed by atoms with Crippen molar-refractivity contribution in [3.05, 3.63) is 58.1 Å². The van der Waals surface area contributed by atoms with Gasteiger partial charge in [0.05, 0.1) is 16.7 Å². The minimum absolute atomic E-state index is 0.260. The molecule has 0 fully saturated rings. The molecular formula is C16H13BrClFN2. The van der Waals surface area contributed by atoms with E-state index in [0.29, 0.717) is 12.3 Å². The fourth-order valence-corrected chi connectivity index (χ4v) is 2.96. The fourth-order valence-electron chi connectivity index (χ4n) is 2.44. The molecule has 5 heteroatoms. The fraction of sp³-hybridized carbons (Fsp3) is 0.188. The number of aryl methyl sites for hydroxylation is 2. The highest BCUT2D eigenvalue weighted by Crippen LogP contribution is 2.27. The molecule has 2 aromatic carbocycles. The summed E-state index contributed by atoms with van der Waals surface area (Å²) in [4.78, 5) is 4.63. The number of benzene rings is 2. The molecule has 0 aliphatic carbocycles. The van der Waals surface area contributed by atoms with Crippen molar-refractivity contribution in [2.45, 2.75) is 13.3 Å². The number of aromatic nitrogens is 2. The summed E-state index contributed by atoms with van der Waals surface area (Å²) >= 11 is 9.37. The Bertz CT molecular complexity index is 813. The molecule has 0 spiro atoms. The maximum atomic E-state index is 13.7. The van der Waals surface area contributed by atoms with Crippen LogP contribution in [0.3, 0.4) is 0 Å². The van der Waals surface area contributed by atoms with Gasteiger partial charge in [-0.05, 0) is 42.8 Å². The SMILES string of the molecule is Cc1ccc(F)cc1-n1c(CCCl)nc2ccc(Br)cc21. The van der Waals surface area contributed by atoms with E-state index in [1.807, 2.05) is 29.7 Å². The highest BCUT2D eigenvalue weighted by Gasteiger charge is 2.14. The minimum atomic E-state index is -0.260. The lowest BCUT2D eigenvalue weighted by atomic mass is 10.2. The topological polar surface area (TPSA) is 17.8 Å². The smallest absolute Gasteiger partial charge is 0.125 e. The molecule has 0 aliphatic heterocycles. The first kappa shape index (κ1) is 14.5. The van der Waals surface area contributed by atoms with Crippen LogP contribution in [0, 0.1) is 12.7 Å². The van der Waals surface area contributed by atoms with E-state index in [0.717, 1.165) is 32.6 Å². The third-order valence-electron chi connectivity index (χ3n) is 3.42. The summed E-state index contributed by atoms with van der Waals surface area (Å²) in [6.45, 7) is 1.96. The number of rotatable bonds is 3. The molecule has 0 bridgehead atoms. The molecule has 2 nitrogen and oxygen atoms in total. The maximum absolute atomic E-state index is 13.7. The number of imidazole rings is 1. The highest BCUT2D eigenvalue weighted by molar-refractivity contribution is 9.10. The molecule has 3 rings (SSSR count). The molecule has 0 radical (unpaired) electrons. The number of hydrogen-bond donors (Lipinski definition) is 0. The van der Waals surface area contributed by atoms with E-state index in [1.54, 1.807) is 6.07 Å². The van der Waals surface area contributed by atoms with Gasteiger partial charge in [-0.1, -0.05) is 22.0 Å². The van der Waals surface area contributed by atoms with Crippen LogP contribution in [0.4, 0.5) is 4.39 Å². The van der Waals surface area contributed by atoms with E-state index in [1.165, 1.54) is 12.1 Å². The first-order valence-electron chi connectivity index (χ1n) is 6.59. The van der Waals surface area contributed by atoms with Gasteiger partial charge in [-0.3, -0.25) is 4.57 Å². The number of fused-ring (bicyclic) bond motifs is 1. The molecule has 3 aromatic rings. The van der Waals surface area contributed by atoms with Crippen LogP contribution in [-0.2, 0) is 6.42 Å². The van der Waals surface area contributed by atoms with E-state index in [-0.39, 0.29) is 5.82 Å².